The van der Waals surface area contributed by atoms with E-state index in [9.17, 15) is 4.79 Å². The number of benzene rings is 2. The van der Waals surface area contributed by atoms with Crippen LogP contribution in [0.25, 0.3) is 0 Å². The van der Waals surface area contributed by atoms with Crippen molar-refractivity contribution in [2.45, 2.75) is 20.5 Å². The summed E-state index contributed by atoms with van der Waals surface area (Å²) < 4.78 is 10.9. The lowest BCUT2D eigenvalue weighted by Gasteiger charge is -2.12. The number of methoxy groups -OCH3 is 1. The Bertz CT molecular complexity index is 662. The third-order valence-electron chi connectivity index (χ3n) is 3.38. The SMILES string of the molecule is COc1ccc(C(=O)O)cc1OCc1ccc(C)c(C)c1. The highest BCUT2D eigenvalue weighted by molar-refractivity contribution is 5.88. The molecule has 2 aromatic rings. The Morgan fingerprint density at radius 2 is 1.81 bits per heavy atom. The van der Waals surface area contributed by atoms with Gasteiger partial charge in [0, 0.05) is 0 Å². The van der Waals surface area contributed by atoms with E-state index in [1.165, 1.54) is 30.4 Å². The Morgan fingerprint density at radius 3 is 2.43 bits per heavy atom. The van der Waals surface area contributed by atoms with Crippen LogP contribution in [0.3, 0.4) is 0 Å². The molecule has 0 aliphatic carbocycles. The molecule has 1 N–H and O–H groups in total. The van der Waals surface area contributed by atoms with Crippen molar-refractivity contribution in [1.29, 1.82) is 0 Å². The molecule has 2 aromatic carbocycles. The fourth-order valence-electron chi connectivity index (χ4n) is 1.98. The van der Waals surface area contributed by atoms with Gasteiger partial charge in [-0.15, -0.1) is 0 Å². The Labute approximate surface area is 123 Å². The molecular weight excluding hydrogens is 268 g/mol. The minimum Gasteiger partial charge on any atom is -0.493 e. The van der Waals surface area contributed by atoms with Gasteiger partial charge in [0.15, 0.2) is 11.5 Å². The number of hydrogen-bond acceptors (Lipinski definition) is 3. The molecule has 0 fully saturated rings. The molecule has 0 radical (unpaired) electrons. The first-order chi connectivity index (χ1) is 10.0. The summed E-state index contributed by atoms with van der Waals surface area (Å²) in [6.45, 7) is 4.46. The highest BCUT2D eigenvalue weighted by atomic mass is 16.5. The molecule has 0 aliphatic rings. The van der Waals surface area contributed by atoms with Crippen LogP contribution in [0.5, 0.6) is 11.5 Å². The van der Waals surface area contributed by atoms with Crippen LogP contribution in [0, 0.1) is 13.8 Å². The number of carboxylic acids is 1. The maximum atomic E-state index is 11.0. The van der Waals surface area contributed by atoms with Crippen molar-refractivity contribution >= 4 is 5.97 Å². The van der Waals surface area contributed by atoms with Crippen LogP contribution < -0.4 is 9.47 Å². The van der Waals surface area contributed by atoms with E-state index in [1.807, 2.05) is 19.1 Å². The molecule has 0 aromatic heterocycles. The number of aryl methyl sites for hydroxylation is 2. The van der Waals surface area contributed by atoms with Gasteiger partial charge in [-0.2, -0.15) is 0 Å². The normalized spacial score (nSPS) is 10.2. The molecule has 0 aliphatic heterocycles. The van der Waals surface area contributed by atoms with E-state index in [-0.39, 0.29) is 5.56 Å². The summed E-state index contributed by atoms with van der Waals surface area (Å²) in [6, 6.07) is 10.7. The Morgan fingerprint density at radius 1 is 1.05 bits per heavy atom. The van der Waals surface area contributed by atoms with E-state index in [4.69, 9.17) is 14.6 Å². The van der Waals surface area contributed by atoms with Gasteiger partial charge in [0.1, 0.15) is 6.61 Å². The van der Waals surface area contributed by atoms with Gasteiger partial charge in [0.25, 0.3) is 0 Å². The first kappa shape index (κ1) is 14.9. The van der Waals surface area contributed by atoms with Crippen LogP contribution in [0.1, 0.15) is 27.0 Å². The first-order valence-electron chi connectivity index (χ1n) is 6.61. The van der Waals surface area contributed by atoms with E-state index in [1.54, 1.807) is 6.07 Å². The van der Waals surface area contributed by atoms with Gasteiger partial charge in [0.2, 0.25) is 0 Å². The van der Waals surface area contributed by atoms with E-state index in [0.717, 1.165) is 5.56 Å². The molecule has 0 saturated heterocycles. The molecular formula is C17H18O4. The monoisotopic (exact) mass is 286 g/mol. The topological polar surface area (TPSA) is 55.8 Å². The Hall–Kier alpha value is -2.49. The number of hydrogen-bond donors (Lipinski definition) is 1. The highest BCUT2D eigenvalue weighted by Gasteiger charge is 2.10. The molecule has 4 heteroatoms. The summed E-state index contributed by atoms with van der Waals surface area (Å²) in [5.74, 6) is -0.0480. The molecule has 0 saturated carbocycles. The molecule has 0 amide bonds. The number of rotatable bonds is 5. The number of carboxylic acid groups (broad SMARTS) is 1. The summed E-state index contributed by atoms with van der Waals surface area (Å²) in [5, 5.41) is 9.03. The van der Waals surface area contributed by atoms with E-state index in [0.29, 0.717) is 18.1 Å². The third-order valence-corrected chi connectivity index (χ3v) is 3.38. The molecule has 0 unspecified atom stereocenters. The summed E-state index contributed by atoms with van der Waals surface area (Å²) in [6.07, 6.45) is 0. The molecule has 0 spiro atoms. The Balaban J connectivity index is 2.19. The standard InChI is InChI=1S/C17H18O4/c1-11-4-5-13(8-12(11)2)10-21-16-9-14(17(18)19)6-7-15(16)20-3/h4-9H,10H2,1-3H3,(H,18,19). The molecule has 0 bridgehead atoms. The van der Waals surface area contributed by atoms with E-state index < -0.39 is 5.97 Å². The predicted octanol–water partition coefficient (Wildman–Crippen LogP) is 3.59. The zero-order chi connectivity index (χ0) is 15.4. The van der Waals surface area contributed by atoms with E-state index in [2.05, 4.69) is 13.0 Å². The zero-order valence-electron chi connectivity index (χ0n) is 12.3. The van der Waals surface area contributed by atoms with Gasteiger partial charge in [-0.1, -0.05) is 18.2 Å². The number of ether oxygens (including phenoxy) is 2. The number of aromatic carboxylic acids is 1. The van der Waals surface area contributed by atoms with Crippen molar-refractivity contribution in [1.82, 2.24) is 0 Å². The molecule has 0 heterocycles. The second kappa shape index (κ2) is 6.31. The fraction of sp³-hybridized carbons (Fsp3) is 0.235. The lowest BCUT2D eigenvalue weighted by molar-refractivity contribution is 0.0696. The van der Waals surface area contributed by atoms with Gasteiger partial charge in [-0.05, 0) is 48.7 Å². The summed E-state index contributed by atoms with van der Waals surface area (Å²) in [5.41, 5.74) is 3.62. The Kier molecular flexibility index (Phi) is 4.48. The molecule has 4 nitrogen and oxygen atoms in total. The molecule has 0 atom stereocenters. The zero-order valence-corrected chi connectivity index (χ0v) is 12.3. The van der Waals surface area contributed by atoms with Crippen LogP contribution in [0.2, 0.25) is 0 Å². The number of carbonyl (C=O) groups is 1. The van der Waals surface area contributed by atoms with E-state index >= 15 is 0 Å². The van der Waals surface area contributed by atoms with Crippen molar-refractivity contribution in [3.63, 3.8) is 0 Å². The smallest absolute Gasteiger partial charge is 0.335 e. The van der Waals surface area contributed by atoms with Crippen molar-refractivity contribution < 1.29 is 19.4 Å². The van der Waals surface area contributed by atoms with Crippen molar-refractivity contribution in [3.05, 3.63) is 58.7 Å². The predicted molar refractivity (Wildman–Crippen MR) is 80.2 cm³/mol. The van der Waals surface area contributed by atoms with Crippen LogP contribution in [0.15, 0.2) is 36.4 Å². The van der Waals surface area contributed by atoms with Crippen LogP contribution in [0.4, 0.5) is 0 Å². The van der Waals surface area contributed by atoms with Crippen LogP contribution >= 0.6 is 0 Å². The van der Waals surface area contributed by atoms with Crippen LogP contribution in [-0.4, -0.2) is 18.2 Å². The second-order valence-corrected chi connectivity index (χ2v) is 4.88. The molecule has 21 heavy (non-hydrogen) atoms. The third kappa shape index (κ3) is 3.54. The van der Waals surface area contributed by atoms with Gasteiger partial charge in [0.05, 0.1) is 12.7 Å². The maximum Gasteiger partial charge on any atom is 0.335 e. The van der Waals surface area contributed by atoms with Gasteiger partial charge >= 0.3 is 5.97 Å². The average Bonchev–Trinajstić information content (AvgIpc) is 2.48. The minimum absolute atomic E-state index is 0.172. The fourth-order valence-corrected chi connectivity index (χ4v) is 1.98. The summed E-state index contributed by atoms with van der Waals surface area (Å²) >= 11 is 0. The van der Waals surface area contributed by atoms with Gasteiger partial charge in [-0.25, -0.2) is 4.79 Å². The largest absolute Gasteiger partial charge is 0.493 e. The lowest BCUT2D eigenvalue weighted by Crippen LogP contribution is -2.01. The maximum absolute atomic E-state index is 11.0. The summed E-state index contributed by atoms with van der Waals surface area (Å²) in [7, 11) is 1.53. The highest BCUT2D eigenvalue weighted by Crippen LogP contribution is 2.29. The average molecular weight is 286 g/mol. The van der Waals surface area contributed by atoms with Gasteiger partial charge in [-0.3, -0.25) is 0 Å². The lowest BCUT2D eigenvalue weighted by atomic mass is 10.1. The quantitative estimate of drug-likeness (QED) is 0.912. The van der Waals surface area contributed by atoms with Crippen molar-refractivity contribution in [2.24, 2.45) is 0 Å². The van der Waals surface area contributed by atoms with Gasteiger partial charge < -0.3 is 14.6 Å². The van der Waals surface area contributed by atoms with Crippen molar-refractivity contribution in [3.8, 4) is 11.5 Å². The first-order valence-corrected chi connectivity index (χ1v) is 6.61. The molecule has 2 rings (SSSR count). The summed E-state index contributed by atoms with van der Waals surface area (Å²) in [4.78, 5) is 11.0. The van der Waals surface area contributed by atoms with Crippen molar-refractivity contribution in [2.75, 3.05) is 7.11 Å². The molecule has 110 valence electrons. The van der Waals surface area contributed by atoms with Crippen LogP contribution in [-0.2, 0) is 6.61 Å². The second-order valence-electron chi connectivity index (χ2n) is 4.88. The minimum atomic E-state index is -0.992.